The normalized spacial score (nSPS) is 11.1. The summed E-state index contributed by atoms with van der Waals surface area (Å²) in [6.07, 6.45) is -0.692. The smallest absolute Gasteiger partial charge is 0.412 e. The fourth-order valence-electron chi connectivity index (χ4n) is 1.41. The first kappa shape index (κ1) is 17.0. The minimum absolute atomic E-state index is 0.00701. The molecule has 0 bridgehead atoms. The van der Waals surface area contributed by atoms with Gasteiger partial charge in [0.2, 0.25) is 0 Å². The van der Waals surface area contributed by atoms with E-state index in [1.807, 2.05) is 0 Å². The van der Waals surface area contributed by atoms with Crippen molar-refractivity contribution in [2.45, 2.75) is 31.7 Å². The maximum Gasteiger partial charge on any atom is 0.412 e. The van der Waals surface area contributed by atoms with Gasteiger partial charge in [-0.2, -0.15) is 0 Å². The summed E-state index contributed by atoms with van der Waals surface area (Å²) in [7, 11) is 0. The summed E-state index contributed by atoms with van der Waals surface area (Å²) in [5.74, 6) is -1.13. The number of rotatable bonds is 3. The molecular formula is C13H15Br2NO4. The molecule has 0 aromatic heterocycles. The number of nitrogens with one attached hydrogen (secondary N) is 1. The average Bonchev–Trinajstić information content (AvgIpc) is 2.28. The van der Waals surface area contributed by atoms with E-state index in [9.17, 15) is 14.7 Å². The molecule has 1 aromatic rings. The number of ether oxygens (including phenoxy) is 1. The van der Waals surface area contributed by atoms with Crippen LogP contribution in [0.3, 0.4) is 0 Å². The van der Waals surface area contributed by atoms with Crippen molar-refractivity contribution in [2.75, 3.05) is 5.32 Å². The topological polar surface area (TPSA) is 75.6 Å². The maximum atomic E-state index is 11.7. The van der Waals surface area contributed by atoms with E-state index in [0.717, 1.165) is 5.56 Å². The van der Waals surface area contributed by atoms with Crippen LogP contribution >= 0.6 is 31.9 Å². The fourth-order valence-corrected chi connectivity index (χ4v) is 2.74. The van der Waals surface area contributed by atoms with Crippen LogP contribution in [0.25, 0.3) is 0 Å². The standard InChI is InChI=1S/C13H15Br2NO4/c1-13(2,3)20-12(19)16-10-4-7(6-14)9(15)5-8(10)11(17)18/h4-5H,6H2,1-3H3,(H,16,19)(H,17,18). The molecule has 1 aromatic carbocycles. The number of carbonyl (C=O) groups excluding carboxylic acids is 1. The number of amides is 1. The Morgan fingerprint density at radius 1 is 1.35 bits per heavy atom. The van der Waals surface area contributed by atoms with Crippen molar-refractivity contribution < 1.29 is 19.4 Å². The second kappa shape index (κ2) is 6.58. The van der Waals surface area contributed by atoms with E-state index < -0.39 is 17.7 Å². The molecule has 0 radical (unpaired) electrons. The van der Waals surface area contributed by atoms with Gasteiger partial charge in [-0.3, -0.25) is 5.32 Å². The number of carboxylic acid groups (broad SMARTS) is 1. The van der Waals surface area contributed by atoms with Gasteiger partial charge >= 0.3 is 12.1 Å². The number of aromatic carboxylic acids is 1. The summed E-state index contributed by atoms with van der Waals surface area (Å²) in [4.78, 5) is 23.0. The predicted molar refractivity (Wildman–Crippen MR) is 83.6 cm³/mol. The lowest BCUT2D eigenvalue weighted by Crippen LogP contribution is -2.27. The molecule has 0 unspecified atom stereocenters. The maximum absolute atomic E-state index is 11.7. The van der Waals surface area contributed by atoms with E-state index in [1.165, 1.54) is 6.07 Å². The third kappa shape index (κ3) is 4.79. The number of anilines is 1. The first-order valence-corrected chi connectivity index (χ1v) is 7.67. The molecule has 1 rings (SSSR count). The van der Waals surface area contributed by atoms with Crippen molar-refractivity contribution >= 4 is 49.6 Å². The number of alkyl halides is 1. The van der Waals surface area contributed by atoms with Crippen LogP contribution in [0, 0.1) is 0 Å². The summed E-state index contributed by atoms with van der Waals surface area (Å²) in [6.45, 7) is 5.20. The van der Waals surface area contributed by atoms with Gasteiger partial charge < -0.3 is 9.84 Å². The number of carbonyl (C=O) groups is 2. The highest BCUT2D eigenvalue weighted by Crippen LogP contribution is 2.28. The number of carboxylic acids is 1. The first-order valence-electron chi connectivity index (χ1n) is 5.75. The quantitative estimate of drug-likeness (QED) is 0.727. The zero-order valence-electron chi connectivity index (χ0n) is 11.3. The zero-order chi connectivity index (χ0) is 15.5. The monoisotopic (exact) mass is 407 g/mol. The van der Waals surface area contributed by atoms with Crippen LogP contribution in [0.2, 0.25) is 0 Å². The Kier molecular flexibility index (Phi) is 5.59. The van der Waals surface area contributed by atoms with Crippen LogP contribution in [0.5, 0.6) is 0 Å². The Morgan fingerprint density at radius 3 is 2.40 bits per heavy atom. The van der Waals surface area contributed by atoms with E-state index in [0.29, 0.717) is 9.80 Å². The van der Waals surface area contributed by atoms with E-state index in [-0.39, 0.29) is 11.3 Å². The number of hydrogen-bond acceptors (Lipinski definition) is 3. The Hall–Kier alpha value is -1.08. The highest BCUT2D eigenvalue weighted by Gasteiger charge is 2.20. The lowest BCUT2D eigenvalue weighted by Gasteiger charge is -2.20. The number of halogens is 2. The molecule has 0 aliphatic heterocycles. The lowest BCUT2D eigenvalue weighted by molar-refractivity contribution is 0.0636. The van der Waals surface area contributed by atoms with Gasteiger partial charge in [-0.15, -0.1) is 0 Å². The van der Waals surface area contributed by atoms with E-state index >= 15 is 0 Å². The predicted octanol–water partition coefficient (Wildman–Crippen LogP) is 4.39. The van der Waals surface area contributed by atoms with Crippen LogP contribution in [0.15, 0.2) is 16.6 Å². The summed E-state index contributed by atoms with van der Waals surface area (Å²) < 4.78 is 5.77. The second-order valence-electron chi connectivity index (χ2n) is 5.05. The number of hydrogen-bond donors (Lipinski definition) is 2. The molecule has 0 atom stereocenters. The van der Waals surface area contributed by atoms with Crippen molar-refractivity contribution in [1.29, 1.82) is 0 Å². The van der Waals surface area contributed by atoms with Crippen LogP contribution in [-0.2, 0) is 10.1 Å². The molecule has 2 N–H and O–H groups in total. The molecule has 1 amide bonds. The number of benzene rings is 1. The Morgan fingerprint density at radius 2 is 1.95 bits per heavy atom. The van der Waals surface area contributed by atoms with Gasteiger partial charge in [0, 0.05) is 9.80 Å². The summed E-state index contributed by atoms with van der Waals surface area (Å²) >= 11 is 6.59. The third-order valence-electron chi connectivity index (χ3n) is 2.20. The van der Waals surface area contributed by atoms with Gasteiger partial charge in [0.15, 0.2) is 0 Å². The van der Waals surface area contributed by atoms with Gasteiger partial charge in [-0.1, -0.05) is 31.9 Å². The van der Waals surface area contributed by atoms with Gasteiger partial charge in [0.1, 0.15) is 5.60 Å². The van der Waals surface area contributed by atoms with E-state index in [4.69, 9.17) is 4.74 Å². The Bertz CT molecular complexity index is 538. The van der Waals surface area contributed by atoms with Crippen molar-refractivity contribution in [1.82, 2.24) is 0 Å². The van der Waals surface area contributed by atoms with Crippen LogP contribution in [-0.4, -0.2) is 22.8 Å². The Labute approximate surface area is 134 Å². The molecular weight excluding hydrogens is 394 g/mol. The molecule has 7 heteroatoms. The van der Waals surface area contributed by atoms with Gasteiger partial charge in [0.05, 0.1) is 11.3 Å². The van der Waals surface area contributed by atoms with E-state index in [2.05, 4.69) is 37.2 Å². The molecule has 0 saturated carbocycles. The minimum atomic E-state index is -1.13. The third-order valence-corrected chi connectivity index (χ3v) is 3.54. The molecule has 0 saturated heterocycles. The largest absolute Gasteiger partial charge is 0.478 e. The molecule has 0 spiro atoms. The highest BCUT2D eigenvalue weighted by molar-refractivity contribution is 9.10. The summed E-state index contributed by atoms with van der Waals surface area (Å²) in [5, 5.41) is 12.2. The minimum Gasteiger partial charge on any atom is -0.478 e. The lowest BCUT2D eigenvalue weighted by atomic mass is 10.1. The van der Waals surface area contributed by atoms with Gasteiger partial charge in [-0.25, -0.2) is 9.59 Å². The van der Waals surface area contributed by atoms with Crippen LogP contribution < -0.4 is 5.32 Å². The fraction of sp³-hybridized carbons (Fsp3) is 0.385. The van der Waals surface area contributed by atoms with Crippen molar-refractivity contribution in [3.05, 3.63) is 27.7 Å². The molecule has 5 nitrogen and oxygen atoms in total. The van der Waals surface area contributed by atoms with Crippen molar-refractivity contribution in [3.8, 4) is 0 Å². The van der Waals surface area contributed by atoms with Crippen LogP contribution in [0.4, 0.5) is 10.5 Å². The van der Waals surface area contributed by atoms with E-state index in [1.54, 1.807) is 26.8 Å². The zero-order valence-corrected chi connectivity index (χ0v) is 14.5. The van der Waals surface area contributed by atoms with Gasteiger partial charge in [0.25, 0.3) is 0 Å². The average molecular weight is 409 g/mol. The van der Waals surface area contributed by atoms with Crippen LogP contribution in [0.1, 0.15) is 36.7 Å². The second-order valence-corrected chi connectivity index (χ2v) is 6.47. The first-order chi connectivity index (χ1) is 9.14. The summed E-state index contributed by atoms with van der Waals surface area (Å²) in [5.41, 5.74) is 0.360. The molecule has 20 heavy (non-hydrogen) atoms. The van der Waals surface area contributed by atoms with Gasteiger partial charge in [-0.05, 0) is 38.5 Å². The van der Waals surface area contributed by atoms with Crippen molar-refractivity contribution in [3.63, 3.8) is 0 Å². The summed E-state index contributed by atoms with van der Waals surface area (Å²) in [6, 6.07) is 3.04. The molecule has 0 heterocycles. The SMILES string of the molecule is CC(C)(C)OC(=O)Nc1cc(CBr)c(Br)cc1C(=O)O. The highest BCUT2D eigenvalue weighted by atomic mass is 79.9. The molecule has 0 aliphatic rings. The molecule has 110 valence electrons. The molecule has 0 aliphatic carbocycles. The molecule has 0 fully saturated rings. The Balaban J connectivity index is 3.09. The van der Waals surface area contributed by atoms with Crippen molar-refractivity contribution in [2.24, 2.45) is 0 Å².